The van der Waals surface area contributed by atoms with E-state index < -0.39 is 10.7 Å². The predicted octanol–water partition coefficient (Wildman–Crippen LogP) is 2.25. The number of nitro groups is 1. The molecule has 0 aliphatic heterocycles. The van der Waals surface area contributed by atoms with Gasteiger partial charge in [-0.05, 0) is 18.2 Å². The molecule has 6 heteroatoms. The highest BCUT2D eigenvalue weighted by Gasteiger charge is 2.21. The van der Waals surface area contributed by atoms with Crippen molar-refractivity contribution in [3.63, 3.8) is 0 Å². The summed E-state index contributed by atoms with van der Waals surface area (Å²) < 4.78 is 13.8. The van der Waals surface area contributed by atoms with Gasteiger partial charge in [-0.15, -0.1) is 0 Å². The number of hydrogen-bond donors (Lipinski definition) is 1. The quantitative estimate of drug-likeness (QED) is 0.666. The number of nitrogens with zero attached hydrogens (tertiary/aromatic N) is 2. The molecule has 2 N–H and O–H groups in total. The molecule has 1 heterocycles. The summed E-state index contributed by atoms with van der Waals surface area (Å²) in [6, 6.07) is 7.12. The summed E-state index contributed by atoms with van der Waals surface area (Å²) in [7, 11) is 0. The molecule has 0 fully saturated rings. The number of rotatable bonds is 3. The average Bonchev–Trinajstić information content (AvgIpc) is 2.38. The molecule has 0 aliphatic rings. The van der Waals surface area contributed by atoms with E-state index in [9.17, 15) is 14.5 Å². The van der Waals surface area contributed by atoms with Gasteiger partial charge in [-0.2, -0.15) is 0 Å². The molecular formula is C12H10FN3O2. The van der Waals surface area contributed by atoms with Crippen molar-refractivity contribution in [1.29, 1.82) is 0 Å². The molecule has 2 aromatic rings. The van der Waals surface area contributed by atoms with Crippen LogP contribution in [-0.4, -0.2) is 9.91 Å². The Morgan fingerprint density at radius 1 is 1.33 bits per heavy atom. The van der Waals surface area contributed by atoms with Crippen molar-refractivity contribution in [2.45, 2.75) is 6.54 Å². The Hall–Kier alpha value is -2.34. The van der Waals surface area contributed by atoms with Crippen molar-refractivity contribution in [1.82, 2.24) is 4.98 Å². The monoisotopic (exact) mass is 247 g/mol. The topological polar surface area (TPSA) is 82.0 Å². The van der Waals surface area contributed by atoms with Gasteiger partial charge < -0.3 is 5.73 Å². The summed E-state index contributed by atoms with van der Waals surface area (Å²) in [5.41, 5.74) is 5.88. The molecule has 0 saturated heterocycles. The predicted molar refractivity (Wildman–Crippen MR) is 64.2 cm³/mol. The second-order valence-corrected chi connectivity index (χ2v) is 3.60. The molecule has 0 saturated carbocycles. The summed E-state index contributed by atoms with van der Waals surface area (Å²) in [5.74, 6) is -0.570. The Balaban J connectivity index is 2.73. The zero-order valence-electron chi connectivity index (χ0n) is 9.34. The van der Waals surface area contributed by atoms with Gasteiger partial charge in [0.15, 0.2) is 0 Å². The summed E-state index contributed by atoms with van der Waals surface area (Å²) in [5, 5.41) is 10.9. The summed E-state index contributed by atoms with van der Waals surface area (Å²) >= 11 is 0. The first kappa shape index (κ1) is 12.1. The third-order valence-electron chi connectivity index (χ3n) is 2.56. The summed E-state index contributed by atoms with van der Waals surface area (Å²) in [6.07, 6.45) is 1.49. The third kappa shape index (κ3) is 2.05. The van der Waals surface area contributed by atoms with E-state index >= 15 is 0 Å². The van der Waals surface area contributed by atoms with Crippen LogP contribution in [0.25, 0.3) is 11.3 Å². The highest BCUT2D eigenvalue weighted by Crippen LogP contribution is 2.31. The zero-order valence-corrected chi connectivity index (χ0v) is 9.34. The van der Waals surface area contributed by atoms with Gasteiger partial charge in [-0.25, -0.2) is 4.39 Å². The minimum absolute atomic E-state index is 0.0901. The molecule has 0 amide bonds. The SMILES string of the molecule is NCc1c([N+](=O)[O-])ccc(F)c1-c1ccccn1. The molecule has 92 valence electrons. The fourth-order valence-corrected chi connectivity index (χ4v) is 1.77. The van der Waals surface area contributed by atoms with Gasteiger partial charge in [-0.1, -0.05) is 6.07 Å². The second-order valence-electron chi connectivity index (χ2n) is 3.60. The number of aromatic nitrogens is 1. The van der Waals surface area contributed by atoms with Crippen LogP contribution < -0.4 is 5.73 Å². The van der Waals surface area contributed by atoms with Crippen LogP contribution in [-0.2, 0) is 6.54 Å². The number of hydrogen-bond acceptors (Lipinski definition) is 4. The lowest BCUT2D eigenvalue weighted by Crippen LogP contribution is -2.06. The van der Waals surface area contributed by atoms with Gasteiger partial charge in [-0.3, -0.25) is 15.1 Å². The standard InChI is InChI=1S/C12H10FN3O2/c13-9-4-5-11(16(17)18)8(7-14)12(9)10-3-1-2-6-15-10/h1-6H,7,14H2. The smallest absolute Gasteiger partial charge is 0.274 e. The molecule has 0 radical (unpaired) electrons. The summed E-state index contributed by atoms with van der Waals surface area (Å²) in [6.45, 7) is -0.125. The molecule has 5 nitrogen and oxygen atoms in total. The molecule has 0 unspecified atom stereocenters. The number of halogens is 1. The van der Waals surface area contributed by atoms with Crippen molar-refractivity contribution in [2.75, 3.05) is 0 Å². The van der Waals surface area contributed by atoms with Crippen LogP contribution in [0.5, 0.6) is 0 Å². The Labute approximate surface area is 102 Å². The van der Waals surface area contributed by atoms with Crippen LogP contribution in [0.1, 0.15) is 5.56 Å². The van der Waals surface area contributed by atoms with E-state index in [4.69, 9.17) is 5.73 Å². The van der Waals surface area contributed by atoms with Crippen molar-refractivity contribution in [3.05, 3.63) is 58.0 Å². The van der Waals surface area contributed by atoms with Crippen LogP contribution >= 0.6 is 0 Å². The molecule has 1 aromatic heterocycles. The maximum Gasteiger partial charge on any atom is 0.274 e. The van der Waals surface area contributed by atoms with E-state index in [1.165, 1.54) is 6.20 Å². The molecule has 0 atom stereocenters. The minimum atomic E-state index is -0.575. The van der Waals surface area contributed by atoms with Crippen molar-refractivity contribution in [2.24, 2.45) is 5.73 Å². The number of benzene rings is 1. The van der Waals surface area contributed by atoms with E-state index in [-0.39, 0.29) is 23.4 Å². The van der Waals surface area contributed by atoms with Crippen molar-refractivity contribution in [3.8, 4) is 11.3 Å². The Kier molecular flexibility index (Phi) is 3.29. The third-order valence-corrected chi connectivity index (χ3v) is 2.56. The van der Waals surface area contributed by atoms with Gasteiger partial charge in [0.1, 0.15) is 5.82 Å². The molecule has 0 aliphatic carbocycles. The lowest BCUT2D eigenvalue weighted by atomic mass is 10.0. The van der Waals surface area contributed by atoms with Crippen LogP contribution in [0.3, 0.4) is 0 Å². The maximum atomic E-state index is 13.8. The second kappa shape index (κ2) is 4.89. The lowest BCUT2D eigenvalue weighted by molar-refractivity contribution is -0.385. The van der Waals surface area contributed by atoms with Gasteiger partial charge in [0.25, 0.3) is 5.69 Å². The highest BCUT2D eigenvalue weighted by atomic mass is 19.1. The Bertz CT molecular complexity index is 587. The van der Waals surface area contributed by atoms with Gasteiger partial charge in [0.05, 0.1) is 16.2 Å². The molecule has 18 heavy (non-hydrogen) atoms. The van der Waals surface area contributed by atoms with Gasteiger partial charge >= 0.3 is 0 Å². The molecule has 0 spiro atoms. The van der Waals surface area contributed by atoms with E-state index in [1.54, 1.807) is 18.2 Å². The van der Waals surface area contributed by atoms with Crippen LogP contribution in [0.2, 0.25) is 0 Å². The van der Waals surface area contributed by atoms with Crippen LogP contribution in [0, 0.1) is 15.9 Å². The molecule has 2 rings (SSSR count). The summed E-state index contributed by atoms with van der Waals surface area (Å²) in [4.78, 5) is 14.3. The van der Waals surface area contributed by atoms with Gasteiger partial charge in [0, 0.05) is 24.4 Å². The lowest BCUT2D eigenvalue weighted by Gasteiger charge is -2.08. The first-order chi connectivity index (χ1) is 8.65. The van der Waals surface area contributed by atoms with E-state index in [2.05, 4.69) is 4.98 Å². The Morgan fingerprint density at radius 2 is 2.11 bits per heavy atom. The van der Waals surface area contributed by atoms with Crippen molar-refractivity contribution < 1.29 is 9.31 Å². The average molecular weight is 247 g/mol. The Morgan fingerprint density at radius 3 is 2.67 bits per heavy atom. The van der Waals surface area contributed by atoms with Crippen LogP contribution in [0.15, 0.2) is 36.5 Å². The van der Waals surface area contributed by atoms with Crippen molar-refractivity contribution >= 4 is 5.69 Å². The highest BCUT2D eigenvalue weighted by molar-refractivity contribution is 5.69. The maximum absolute atomic E-state index is 13.8. The number of nitrogens with two attached hydrogens (primary N) is 1. The normalized spacial score (nSPS) is 10.3. The van der Waals surface area contributed by atoms with E-state index in [1.807, 2.05) is 0 Å². The fourth-order valence-electron chi connectivity index (χ4n) is 1.77. The number of nitro benzene ring substituents is 1. The van der Waals surface area contributed by atoms with Gasteiger partial charge in [0.2, 0.25) is 0 Å². The zero-order chi connectivity index (χ0) is 13.1. The van der Waals surface area contributed by atoms with E-state index in [0.717, 1.165) is 12.1 Å². The minimum Gasteiger partial charge on any atom is -0.326 e. The number of pyridine rings is 1. The van der Waals surface area contributed by atoms with Crippen LogP contribution in [0.4, 0.5) is 10.1 Å². The largest absolute Gasteiger partial charge is 0.326 e. The first-order valence-corrected chi connectivity index (χ1v) is 5.22. The molecule has 1 aromatic carbocycles. The molecular weight excluding hydrogens is 237 g/mol. The molecule has 0 bridgehead atoms. The fraction of sp³-hybridized carbons (Fsp3) is 0.0833. The van der Waals surface area contributed by atoms with E-state index in [0.29, 0.717) is 5.69 Å². The first-order valence-electron chi connectivity index (χ1n) is 5.22.